The lowest BCUT2D eigenvalue weighted by molar-refractivity contribution is -0.148. The molecule has 0 aromatic carbocycles. The van der Waals surface area contributed by atoms with Gasteiger partial charge in [0, 0.05) is 13.6 Å². The fraction of sp³-hybridized carbons (Fsp3) is 0.778. The molecule has 17 heavy (non-hydrogen) atoms. The lowest BCUT2D eigenvalue weighted by Gasteiger charge is -2.23. The van der Waals surface area contributed by atoms with Crippen LogP contribution in [0.2, 0.25) is 0 Å². The summed E-state index contributed by atoms with van der Waals surface area (Å²) in [5, 5.41) is 8.90. The number of rotatable bonds is 4. The molecule has 98 valence electrons. The molecule has 0 radical (unpaired) electrons. The highest BCUT2D eigenvalue weighted by Crippen LogP contribution is 2.17. The summed E-state index contributed by atoms with van der Waals surface area (Å²) in [6.45, 7) is 0.0516. The van der Waals surface area contributed by atoms with Crippen LogP contribution < -0.4 is 0 Å². The molecule has 1 heterocycles. The summed E-state index contributed by atoms with van der Waals surface area (Å²) in [5.74, 6) is -1.51. The Labute approximate surface area is 100 Å². The van der Waals surface area contributed by atoms with E-state index >= 15 is 0 Å². The Kier molecular flexibility index (Phi) is 4.10. The van der Waals surface area contributed by atoms with Crippen molar-refractivity contribution in [2.45, 2.75) is 18.9 Å². The monoisotopic (exact) mass is 264 g/mol. The molecule has 8 heteroatoms. The molecule has 0 aromatic heterocycles. The first-order valence-electron chi connectivity index (χ1n) is 5.17. The van der Waals surface area contributed by atoms with Gasteiger partial charge in [-0.15, -0.1) is 0 Å². The number of likely N-dealkylation sites (tertiary alicyclic amines) is 1. The fourth-order valence-corrected chi connectivity index (χ4v) is 2.07. The molecule has 0 bridgehead atoms. The molecule has 7 nitrogen and oxygen atoms in total. The average molecular weight is 264 g/mol. The van der Waals surface area contributed by atoms with Crippen molar-refractivity contribution in [2.75, 3.05) is 26.4 Å². The number of hydrogen-bond donors (Lipinski definition) is 1. The van der Waals surface area contributed by atoms with Crippen LogP contribution in [-0.2, 0) is 19.6 Å². The Morgan fingerprint density at radius 2 is 2.06 bits per heavy atom. The van der Waals surface area contributed by atoms with Gasteiger partial charge < -0.3 is 10.0 Å². The predicted molar refractivity (Wildman–Crippen MR) is 59.8 cm³/mol. The van der Waals surface area contributed by atoms with Crippen LogP contribution in [0.15, 0.2) is 0 Å². The van der Waals surface area contributed by atoms with Crippen molar-refractivity contribution in [3.05, 3.63) is 0 Å². The lowest BCUT2D eigenvalue weighted by Crippen LogP contribution is -2.45. The molecule has 0 saturated carbocycles. The first-order valence-corrected chi connectivity index (χ1v) is 7.02. The summed E-state index contributed by atoms with van der Waals surface area (Å²) in [5.41, 5.74) is 0. The largest absolute Gasteiger partial charge is 0.480 e. The van der Waals surface area contributed by atoms with Crippen molar-refractivity contribution in [3.8, 4) is 0 Å². The van der Waals surface area contributed by atoms with Crippen LogP contribution in [0.25, 0.3) is 0 Å². The number of likely N-dealkylation sites (N-methyl/N-ethyl adjacent to an activating group) is 1. The molecule has 1 rings (SSSR count). The minimum Gasteiger partial charge on any atom is -0.480 e. The third kappa shape index (κ3) is 3.40. The minimum absolute atomic E-state index is 0.317. The zero-order valence-electron chi connectivity index (χ0n) is 9.79. The van der Waals surface area contributed by atoms with Crippen molar-refractivity contribution < 1.29 is 23.1 Å². The van der Waals surface area contributed by atoms with Crippen LogP contribution in [0.5, 0.6) is 0 Å². The van der Waals surface area contributed by atoms with Gasteiger partial charge in [-0.05, 0) is 12.8 Å². The molecule has 0 aliphatic carbocycles. The standard InChI is InChI=1S/C9H16N2O5S/c1-10(17(2,15)16)6-8(12)11-5-3-4-7(11)9(13)14/h7H,3-6H2,1-2H3,(H,13,14)/t7-/m0/s1. The SMILES string of the molecule is CN(CC(=O)N1CCC[C@H]1C(=O)O)S(C)(=O)=O. The van der Waals surface area contributed by atoms with Gasteiger partial charge in [0.15, 0.2) is 0 Å². The second-order valence-electron chi connectivity index (χ2n) is 4.10. The quantitative estimate of drug-likeness (QED) is 0.699. The topological polar surface area (TPSA) is 95.0 Å². The van der Waals surface area contributed by atoms with Gasteiger partial charge >= 0.3 is 5.97 Å². The van der Waals surface area contributed by atoms with E-state index in [1.54, 1.807) is 0 Å². The Morgan fingerprint density at radius 3 is 2.53 bits per heavy atom. The molecule has 1 aliphatic rings. The predicted octanol–water partition coefficient (Wildman–Crippen LogP) is -1.05. The molecule has 1 aliphatic heterocycles. The van der Waals surface area contributed by atoms with Gasteiger partial charge in [-0.1, -0.05) is 0 Å². The molecule has 1 atom stereocenters. The highest BCUT2D eigenvalue weighted by molar-refractivity contribution is 7.88. The average Bonchev–Trinajstić information content (AvgIpc) is 2.63. The van der Waals surface area contributed by atoms with Crippen LogP contribution in [0.3, 0.4) is 0 Å². The first kappa shape index (κ1) is 13.9. The second-order valence-corrected chi connectivity index (χ2v) is 6.19. The third-order valence-corrected chi connectivity index (χ3v) is 4.04. The van der Waals surface area contributed by atoms with E-state index in [2.05, 4.69) is 0 Å². The number of hydrogen-bond acceptors (Lipinski definition) is 4. The number of nitrogens with zero attached hydrogens (tertiary/aromatic N) is 2. The molecular formula is C9H16N2O5S. The van der Waals surface area contributed by atoms with Crippen molar-refractivity contribution in [1.29, 1.82) is 0 Å². The van der Waals surface area contributed by atoms with Gasteiger partial charge in [-0.2, -0.15) is 4.31 Å². The Bertz CT molecular complexity index is 419. The second kappa shape index (κ2) is 5.01. The highest BCUT2D eigenvalue weighted by atomic mass is 32.2. The summed E-state index contributed by atoms with van der Waals surface area (Å²) >= 11 is 0. The number of carbonyl (C=O) groups excluding carboxylic acids is 1. The summed E-state index contributed by atoms with van der Waals surface area (Å²) in [7, 11) is -2.14. The normalized spacial score (nSPS) is 20.9. The number of amides is 1. The molecule has 0 spiro atoms. The van der Waals surface area contributed by atoms with E-state index in [1.807, 2.05) is 0 Å². The molecule has 1 saturated heterocycles. The van der Waals surface area contributed by atoms with E-state index in [4.69, 9.17) is 5.11 Å². The Morgan fingerprint density at radius 1 is 1.47 bits per heavy atom. The van der Waals surface area contributed by atoms with Crippen LogP contribution in [0.1, 0.15) is 12.8 Å². The number of aliphatic carboxylic acids is 1. The van der Waals surface area contributed by atoms with Crippen LogP contribution in [0, 0.1) is 0 Å². The molecule has 1 N–H and O–H groups in total. The van der Waals surface area contributed by atoms with Gasteiger partial charge in [-0.3, -0.25) is 4.79 Å². The van der Waals surface area contributed by atoms with Gasteiger partial charge in [0.25, 0.3) is 0 Å². The third-order valence-electron chi connectivity index (χ3n) is 2.78. The number of carboxylic acids is 1. The van der Waals surface area contributed by atoms with E-state index in [9.17, 15) is 18.0 Å². The van der Waals surface area contributed by atoms with Crippen molar-refractivity contribution >= 4 is 21.9 Å². The van der Waals surface area contributed by atoms with Crippen molar-refractivity contribution in [2.24, 2.45) is 0 Å². The maximum atomic E-state index is 11.8. The molecule has 0 unspecified atom stereocenters. The fourth-order valence-electron chi connectivity index (χ4n) is 1.72. The van der Waals surface area contributed by atoms with Crippen molar-refractivity contribution in [3.63, 3.8) is 0 Å². The summed E-state index contributed by atoms with van der Waals surface area (Å²) in [6, 6.07) is -0.824. The zero-order chi connectivity index (χ0) is 13.2. The number of carboxylic acid groups (broad SMARTS) is 1. The van der Waals surface area contributed by atoms with Crippen molar-refractivity contribution in [1.82, 2.24) is 9.21 Å². The molecule has 0 aromatic rings. The number of sulfonamides is 1. The van der Waals surface area contributed by atoms with E-state index < -0.39 is 27.9 Å². The molecule has 1 fully saturated rings. The lowest BCUT2D eigenvalue weighted by atomic mass is 10.2. The number of carbonyl (C=O) groups is 2. The van der Waals surface area contributed by atoms with E-state index in [0.717, 1.165) is 10.6 Å². The Balaban J connectivity index is 2.68. The van der Waals surface area contributed by atoms with Gasteiger partial charge in [0.05, 0.1) is 12.8 Å². The Hall–Kier alpha value is -1.15. The smallest absolute Gasteiger partial charge is 0.326 e. The molecular weight excluding hydrogens is 248 g/mol. The maximum Gasteiger partial charge on any atom is 0.326 e. The summed E-state index contributed by atoms with van der Waals surface area (Å²) < 4.78 is 23.2. The van der Waals surface area contributed by atoms with Gasteiger partial charge in [0.1, 0.15) is 6.04 Å². The highest BCUT2D eigenvalue weighted by Gasteiger charge is 2.34. The summed E-state index contributed by atoms with van der Waals surface area (Å²) in [6.07, 6.45) is 2.05. The van der Waals surface area contributed by atoms with E-state index in [0.29, 0.717) is 19.4 Å². The van der Waals surface area contributed by atoms with Crippen LogP contribution >= 0.6 is 0 Å². The first-order chi connectivity index (χ1) is 7.73. The zero-order valence-corrected chi connectivity index (χ0v) is 10.6. The summed E-state index contributed by atoms with van der Waals surface area (Å²) in [4.78, 5) is 23.9. The van der Waals surface area contributed by atoms with E-state index in [-0.39, 0.29) is 6.54 Å². The van der Waals surface area contributed by atoms with E-state index in [1.165, 1.54) is 11.9 Å². The van der Waals surface area contributed by atoms with Crippen LogP contribution in [0.4, 0.5) is 0 Å². The van der Waals surface area contributed by atoms with Gasteiger partial charge in [-0.25, -0.2) is 13.2 Å². The molecule has 1 amide bonds. The van der Waals surface area contributed by atoms with Crippen LogP contribution in [-0.4, -0.2) is 67.0 Å². The maximum absolute atomic E-state index is 11.8. The minimum atomic E-state index is -3.43. The van der Waals surface area contributed by atoms with Gasteiger partial charge in [0.2, 0.25) is 15.9 Å².